The van der Waals surface area contributed by atoms with Gasteiger partial charge in [0.2, 0.25) is 17.6 Å². The van der Waals surface area contributed by atoms with Crippen molar-refractivity contribution in [3.8, 4) is 17.2 Å². The number of hydrogen-bond acceptors (Lipinski definition) is 9. The minimum atomic E-state index is -0.349. The fourth-order valence-corrected chi connectivity index (χ4v) is 3.70. The summed E-state index contributed by atoms with van der Waals surface area (Å²) in [6.45, 7) is 0.477. The lowest BCUT2D eigenvalue weighted by atomic mass is 10.2. The number of methoxy groups -OCH3 is 3. The van der Waals surface area contributed by atoms with Crippen molar-refractivity contribution >= 4 is 40.1 Å². The number of benzene rings is 2. The lowest BCUT2D eigenvalue weighted by molar-refractivity contribution is 0.327. The fraction of sp³-hybridized carbons (Fsp3) is 0.217. The summed E-state index contributed by atoms with van der Waals surface area (Å²) in [5.41, 5.74) is 1.85. The summed E-state index contributed by atoms with van der Waals surface area (Å²) < 4.78 is 16.2. The molecular formula is C23H23ClN6O4. The third-order valence-corrected chi connectivity index (χ3v) is 5.28. The smallest absolute Gasteiger partial charge is 0.264 e. The van der Waals surface area contributed by atoms with E-state index in [2.05, 4.69) is 25.3 Å². The van der Waals surface area contributed by atoms with Crippen LogP contribution in [0.15, 0.2) is 47.4 Å². The molecule has 2 heterocycles. The predicted octanol–water partition coefficient (Wildman–Crippen LogP) is 3.77. The van der Waals surface area contributed by atoms with Gasteiger partial charge in [-0.2, -0.15) is 0 Å². The molecule has 0 spiro atoms. The summed E-state index contributed by atoms with van der Waals surface area (Å²) in [6, 6.07) is 11.0. The van der Waals surface area contributed by atoms with Crippen molar-refractivity contribution in [2.24, 2.45) is 0 Å². The molecule has 11 heteroatoms. The minimum absolute atomic E-state index is 0.266. The molecule has 10 nitrogen and oxygen atoms in total. The molecule has 2 aromatic heterocycles. The molecule has 2 aromatic carbocycles. The van der Waals surface area contributed by atoms with Crippen molar-refractivity contribution in [3.05, 3.63) is 63.7 Å². The summed E-state index contributed by atoms with van der Waals surface area (Å²) >= 11 is 5.93. The standard InChI is InChI=1S/C23H23ClN6O4/c1-30(12-13-6-5-7-14(10-13)26-22-25-9-8-17(24)28-22)23-27-15-11-16(32-2)19(33-3)20(34-4)18(15)21(31)29-23/h5-11H,12H2,1-4H3,(H,25,26,28)(H,27,29,31). The number of rotatable bonds is 8. The summed E-state index contributed by atoms with van der Waals surface area (Å²) in [7, 11) is 6.30. The van der Waals surface area contributed by atoms with Crippen molar-refractivity contribution in [2.45, 2.75) is 6.54 Å². The summed E-state index contributed by atoms with van der Waals surface area (Å²) in [4.78, 5) is 30.5. The van der Waals surface area contributed by atoms with E-state index < -0.39 is 0 Å². The molecule has 4 aromatic rings. The van der Waals surface area contributed by atoms with Crippen LogP contribution in [0.5, 0.6) is 17.2 Å². The zero-order valence-electron chi connectivity index (χ0n) is 19.0. The zero-order valence-corrected chi connectivity index (χ0v) is 19.8. The van der Waals surface area contributed by atoms with Gasteiger partial charge in [0, 0.05) is 31.5 Å². The number of anilines is 3. The van der Waals surface area contributed by atoms with Gasteiger partial charge in [0.05, 0.1) is 26.8 Å². The minimum Gasteiger partial charge on any atom is -0.493 e. The second-order valence-corrected chi connectivity index (χ2v) is 7.70. The Morgan fingerprint density at radius 2 is 1.85 bits per heavy atom. The van der Waals surface area contributed by atoms with Crippen LogP contribution >= 0.6 is 11.6 Å². The maximum Gasteiger partial charge on any atom is 0.264 e. The number of H-pyrrole nitrogens is 1. The molecule has 0 radical (unpaired) electrons. The number of fused-ring (bicyclic) bond motifs is 1. The number of nitrogens with zero attached hydrogens (tertiary/aromatic N) is 4. The van der Waals surface area contributed by atoms with Gasteiger partial charge in [-0.25, -0.2) is 15.0 Å². The van der Waals surface area contributed by atoms with Gasteiger partial charge in [0.1, 0.15) is 10.5 Å². The van der Waals surface area contributed by atoms with Crippen molar-refractivity contribution in [3.63, 3.8) is 0 Å². The lowest BCUT2D eigenvalue weighted by Crippen LogP contribution is -2.23. The fourth-order valence-electron chi connectivity index (χ4n) is 3.56. The molecule has 0 fully saturated rings. The Hall–Kier alpha value is -4.05. The van der Waals surface area contributed by atoms with E-state index in [-0.39, 0.29) is 16.7 Å². The first-order valence-corrected chi connectivity index (χ1v) is 10.6. The monoisotopic (exact) mass is 482 g/mol. The summed E-state index contributed by atoms with van der Waals surface area (Å²) in [5.74, 6) is 1.81. The maximum absolute atomic E-state index is 13.0. The number of aromatic nitrogens is 4. The van der Waals surface area contributed by atoms with E-state index in [1.165, 1.54) is 21.3 Å². The first-order chi connectivity index (χ1) is 16.4. The van der Waals surface area contributed by atoms with Crippen molar-refractivity contribution in [1.82, 2.24) is 19.9 Å². The molecule has 4 rings (SSSR count). The van der Waals surface area contributed by atoms with Crippen LogP contribution in [0.25, 0.3) is 10.9 Å². The average Bonchev–Trinajstić information content (AvgIpc) is 2.82. The highest BCUT2D eigenvalue weighted by Crippen LogP contribution is 2.41. The van der Waals surface area contributed by atoms with E-state index in [9.17, 15) is 4.79 Å². The first-order valence-electron chi connectivity index (χ1n) is 10.2. The van der Waals surface area contributed by atoms with E-state index in [0.717, 1.165) is 11.3 Å². The van der Waals surface area contributed by atoms with E-state index >= 15 is 0 Å². The highest BCUT2D eigenvalue weighted by atomic mass is 35.5. The van der Waals surface area contributed by atoms with Gasteiger partial charge in [-0.15, -0.1) is 0 Å². The van der Waals surface area contributed by atoms with Crippen molar-refractivity contribution in [2.75, 3.05) is 38.6 Å². The Morgan fingerprint density at radius 3 is 2.56 bits per heavy atom. The molecule has 0 bridgehead atoms. The van der Waals surface area contributed by atoms with Gasteiger partial charge >= 0.3 is 0 Å². The second-order valence-electron chi connectivity index (χ2n) is 7.31. The molecule has 0 saturated carbocycles. The van der Waals surface area contributed by atoms with Gasteiger partial charge in [-0.3, -0.25) is 9.78 Å². The molecule has 0 atom stereocenters. The molecule has 0 amide bonds. The van der Waals surface area contributed by atoms with Crippen molar-refractivity contribution in [1.29, 1.82) is 0 Å². The van der Waals surface area contributed by atoms with Gasteiger partial charge in [-0.05, 0) is 23.8 Å². The topological polar surface area (TPSA) is 114 Å². The molecular weight excluding hydrogens is 460 g/mol. The van der Waals surface area contributed by atoms with Crippen LogP contribution in [0.2, 0.25) is 5.15 Å². The van der Waals surface area contributed by atoms with E-state index in [0.29, 0.717) is 40.6 Å². The third kappa shape index (κ3) is 4.67. The van der Waals surface area contributed by atoms with Crippen LogP contribution in [0, 0.1) is 0 Å². The maximum atomic E-state index is 13.0. The SMILES string of the molecule is COc1cc2nc(N(C)Cc3cccc(Nc4nccc(Cl)n4)c3)[nH]c(=O)c2c(OC)c1OC. The Labute approximate surface area is 200 Å². The molecule has 0 unspecified atom stereocenters. The Bertz CT molecular complexity index is 1390. The predicted molar refractivity (Wildman–Crippen MR) is 131 cm³/mol. The highest BCUT2D eigenvalue weighted by molar-refractivity contribution is 6.29. The van der Waals surface area contributed by atoms with E-state index in [1.54, 1.807) is 18.3 Å². The third-order valence-electron chi connectivity index (χ3n) is 5.07. The normalized spacial score (nSPS) is 10.7. The highest BCUT2D eigenvalue weighted by Gasteiger charge is 2.20. The lowest BCUT2D eigenvalue weighted by Gasteiger charge is -2.20. The quantitative estimate of drug-likeness (QED) is 0.362. The van der Waals surface area contributed by atoms with Crippen LogP contribution in [0.1, 0.15) is 5.56 Å². The number of nitrogens with one attached hydrogen (secondary N) is 2. The van der Waals surface area contributed by atoms with Crippen LogP contribution in [-0.2, 0) is 6.54 Å². The number of ether oxygens (including phenoxy) is 3. The second kappa shape index (κ2) is 9.84. The van der Waals surface area contributed by atoms with Gasteiger partial charge < -0.3 is 24.4 Å². The van der Waals surface area contributed by atoms with Crippen LogP contribution in [0.3, 0.4) is 0 Å². The number of aromatic amines is 1. The number of halogens is 1. The molecule has 0 aliphatic heterocycles. The molecule has 0 aliphatic rings. The Balaban J connectivity index is 1.63. The van der Waals surface area contributed by atoms with E-state index in [1.807, 2.05) is 36.2 Å². The van der Waals surface area contributed by atoms with Crippen LogP contribution in [-0.4, -0.2) is 48.3 Å². The Kier molecular flexibility index (Phi) is 6.69. The molecule has 0 aliphatic carbocycles. The van der Waals surface area contributed by atoms with Crippen molar-refractivity contribution < 1.29 is 14.2 Å². The van der Waals surface area contributed by atoms with Gasteiger partial charge in [-0.1, -0.05) is 23.7 Å². The molecule has 0 saturated heterocycles. The van der Waals surface area contributed by atoms with Crippen LogP contribution < -0.4 is 30.0 Å². The van der Waals surface area contributed by atoms with Crippen LogP contribution in [0.4, 0.5) is 17.6 Å². The largest absolute Gasteiger partial charge is 0.493 e. The van der Waals surface area contributed by atoms with Gasteiger partial charge in [0.15, 0.2) is 11.5 Å². The molecule has 34 heavy (non-hydrogen) atoms. The zero-order chi connectivity index (χ0) is 24.2. The first kappa shape index (κ1) is 23.1. The molecule has 2 N–H and O–H groups in total. The van der Waals surface area contributed by atoms with Gasteiger partial charge in [0.25, 0.3) is 5.56 Å². The summed E-state index contributed by atoms with van der Waals surface area (Å²) in [5, 5.41) is 3.76. The number of hydrogen-bond donors (Lipinski definition) is 2. The average molecular weight is 483 g/mol. The Morgan fingerprint density at radius 1 is 1.06 bits per heavy atom. The molecule has 176 valence electrons. The van der Waals surface area contributed by atoms with E-state index in [4.69, 9.17) is 25.8 Å². The summed E-state index contributed by atoms with van der Waals surface area (Å²) in [6.07, 6.45) is 1.58.